The highest BCUT2D eigenvalue weighted by Gasteiger charge is 2.40. The van der Waals surface area contributed by atoms with Gasteiger partial charge in [0.15, 0.2) is 11.7 Å². The zero-order chi connectivity index (χ0) is 29.4. The van der Waals surface area contributed by atoms with Gasteiger partial charge < -0.3 is 21.2 Å². The summed E-state index contributed by atoms with van der Waals surface area (Å²) < 4.78 is 41.6. The van der Waals surface area contributed by atoms with Gasteiger partial charge in [0.05, 0.1) is 24.9 Å². The Morgan fingerprint density at radius 2 is 1.95 bits per heavy atom. The minimum absolute atomic E-state index is 0.00973. The highest BCUT2D eigenvalue weighted by Crippen LogP contribution is 2.37. The van der Waals surface area contributed by atoms with E-state index in [1.165, 1.54) is 26.5 Å². The number of nitrogens with one attached hydrogen (secondary N) is 3. The number of carbonyl (C=O) groups is 1. The summed E-state index contributed by atoms with van der Waals surface area (Å²) in [5.41, 5.74) is 9.29. The summed E-state index contributed by atoms with van der Waals surface area (Å²) in [7, 11) is 2.83. The lowest BCUT2D eigenvalue weighted by Crippen LogP contribution is -2.36. The van der Waals surface area contributed by atoms with Gasteiger partial charge in [0.2, 0.25) is 5.91 Å². The first kappa shape index (κ1) is 30.2. The SMILES string of the molecule is CO/N=C(\NOC)c1ccc(CNC(=O)Cn2c(C3=CC(C(F)(F)F)CC(N)=C3)cnc(NC(C)C)c2=O)cc1. The molecule has 40 heavy (non-hydrogen) atoms. The zero-order valence-corrected chi connectivity index (χ0v) is 22.5. The van der Waals surface area contributed by atoms with E-state index >= 15 is 0 Å². The maximum atomic E-state index is 13.5. The predicted molar refractivity (Wildman–Crippen MR) is 144 cm³/mol. The molecule has 14 heteroatoms. The van der Waals surface area contributed by atoms with Gasteiger partial charge in [-0.1, -0.05) is 35.5 Å². The maximum absolute atomic E-state index is 13.5. The van der Waals surface area contributed by atoms with Crippen LogP contribution in [0, 0.1) is 5.92 Å². The maximum Gasteiger partial charge on any atom is 0.395 e. The third kappa shape index (κ3) is 7.85. The van der Waals surface area contributed by atoms with Crippen LogP contribution in [0.4, 0.5) is 19.0 Å². The minimum atomic E-state index is -4.52. The highest BCUT2D eigenvalue weighted by molar-refractivity contribution is 5.97. The molecule has 216 valence electrons. The number of hydroxylamine groups is 1. The number of amides is 1. The van der Waals surface area contributed by atoms with Gasteiger partial charge >= 0.3 is 6.18 Å². The largest absolute Gasteiger partial charge is 0.402 e. The Labute approximate surface area is 228 Å². The first-order valence-electron chi connectivity index (χ1n) is 12.3. The molecule has 0 bridgehead atoms. The van der Waals surface area contributed by atoms with Crippen LogP contribution >= 0.6 is 0 Å². The number of allylic oxidation sites excluding steroid dienone is 4. The van der Waals surface area contributed by atoms with Gasteiger partial charge in [-0.3, -0.25) is 19.0 Å². The second-order valence-corrected chi connectivity index (χ2v) is 9.28. The highest BCUT2D eigenvalue weighted by atomic mass is 19.4. The number of halogens is 3. The van der Waals surface area contributed by atoms with Crippen molar-refractivity contribution in [1.82, 2.24) is 20.3 Å². The fourth-order valence-electron chi connectivity index (χ4n) is 3.95. The number of oxime groups is 1. The normalized spacial score (nSPS) is 15.8. The molecule has 1 amide bonds. The molecule has 0 spiro atoms. The first-order chi connectivity index (χ1) is 18.9. The predicted octanol–water partition coefficient (Wildman–Crippen LogP) is 2.65. The van der Waals surface area contributed by atoms with Crippen molar-refractivity contribution in [2.45, 2.75) is 45.6 Å². The summed E-state index contributed by atoms with van der Waals surface area (Å²) in [5.74, 6) is -2.04. The molecule has 0 aliphatic heterocycles. The van der Waals surface area contributed by atoms with E-state index in [9.17, 15) is 22.8 Å². The number of hydrogen-bond acceptors (Lipinski definition) is 8. The fourth-order valence-corrected chi connectivity index (χ4v) is 3.95. The average Bonchev–Trinajstić information content (AvgIpc) is 2.89. The van der Waals surface area contributed by atoms with Crippen LogP contribution in [0.15, 0.2) is 58.3 Å². The quantitative estimate of drug-likeness (QED) is 0.196. The molecule has 1 heterocycles. The molecular formula is C26H32F3N7O4. The molecule has 2 aromatic rings. The van der Waals surface area contributed by atoms with Gasteiger partial charge in [0.1, 0.15) is 13.7 Å². The third-order valence-corrected chi connectivity index (χ3v) is 5.77. The van der Waals surface area contributed by atoms with Crippen LogP contribution in [-0.4, -0.2) is 47.7 Å². The molecule has 3 rings (SSSR count). The number of alkyl halides is 3. The summed E-state index contributed by atoms with van der Waals surface area (Å²) in [4.78, 5) is 40.0. The van der Waals surface area contributed by atoms with E-state index < -0.39 is 36.5 Å². The molecule has 1 aromatic heterocycles. The molecule has 1 atom stereocenters. The van der Waals surface area contributed by atoms with E-state index in [2.05, 4.69) is 26.3 Å². The van der Waals surface area contributed by atoms with Crippen molar-refractivity contribution in [2.75, 3.05) is 19.5 Å². The number of hydrogen-bond donors (Lipinski definition) is 4. The summed E-state index contributed by atoms with van der Waals surface area (Å²) in [6, 6.07) is 6.84. The Bertz CT molecular complexity index is 1350. The van der Waals surface area contributed by atoms with Crippen LogP contribution in [-0.2, 0) is 27.6 Å². The Morgan fingerprint density at radius 3 is 2.55 bits per heavy atom. The summed E-state index contributed by atoms with van der Waals surface area (Å²) in [6.07, 6.45) is -1.29. The van der Waals surface area contributed by atoms with Gasteiger partial charge in [0, 0.05) is 30.3 Å². The van der Waals surface area contributed by atoms with Crippen molar-refractivity contribution in [3.8, 4) is 0 Å². The third-order valence-electron chi connectivity index (χ3n) is 5.77. The molecule has 11 nitrogen and oxygen atoms in total. The molecule has 0 saturated carbocycles. The van der Waals surface area contributed by atoms with E-state index in [4.69, 9.17) is 15.4 Å². The average molecular weight is 564 g/mol. The Morgan fingerprint density at radius 1 is 1.25 bits per heavy atom. The van der Waals surface area contributed by atoms with Crippen molar-refractivity contribution < 1.29 is 27.6 Å². The lowest BCUT2D eigenvalue weighted by atomic mass is 9.92. The Hall–Kier alpha value is -4.33. The van der Waals surface area contributed by atoms with Crippen LogP contribution in [0.1, 0.15) is 37.1 Å². The minimum Gasteiger partial charge on any atom is -0.402 e. The number of anilines is 1. The van der Waals surface area contributed by atoms with Crippen molar-refractivity contribution in [3.63, 3.8) is 0 Å². The van der Waals surface area contributed by atoms with Gasteiger partial charge in [-0.15, -0.1) is 0 Å². The van der Waals surface area contributed by atoms with Crippen molar-refractivity contribution in [2.24, 2.45) is 16.8 Å². The number of aromatic nitrogens is 2. The standard InChI is InChI=1S/C26H32F3N7O4/c1-15(2)33-24-25(38)36(21(13-32-24)18-9-19(26(27,28)29)11-20(30)10-18)14-22(37)31-12-16-5-7-17(8-6-16)23(34-39-3)35-40-4/h5-10,13,15,19H,11-12,14,30H2,1-4H3,(H,31,37)(H,32,33)(H,34,35). The van der Waals surface area contributed by atoms with Crippen LogP contribution in [0.2, 0.25) is 0 Å². The molecule has 1 unspecified atom stereocenters. The van der Waals surface area contributed by atoms with Crippen LogP contribution in [0.25, 0.3) is 5.57 Å². The van der Waals surface area contributed by atoms with E-state index in [1.807, 2.05) is 0 Å². The fraction of sp³-hybridized carbons (Fsp3) is 0.385. The topological polar surface area (TPSA) is 145 Å². The Balaban J connectivity index is 1.85. The smallest absolute Gasteiger partial charge is 0.395 e. The summed E-state index contributed by atoms with van der Waals surface area (Å²) in [5, 5.41) is 9.46. The molecule has 1 aliphatic rings. The lowest BCUT2D eigenvalue weighted by molar-refractivity contribution is -0.160. The molecule has 1 aromatic carbocycles. The van der Waals surface area contributed by atoms with E-state index in [0.29, 0.717) is 11.4 Å². The number of nitrogens with zero attached hydrogens (tertiary/aromatic N) is 3. The molecule has 0 fully saturated rings. The van der Waals surface area contributed by atoms with Crippen molar-refractivity contribution >= 4 is 23.1 Å². The monoisotopic (exact) mass is 563 g/mol. The van der Waals surface area contributed by atoms with E-state index in [0.717, 1.165) is 16.2 Å². The van der Waals surface area contributed by atoms with Crippen molar-refractivity contribution in [1.29, 1.82) is 0 Å². The lowest BCUT2D eigenvalue weighted by Gasteiger charge is -2.24. The molecule has 5 N–H and O–H groups in total. The Kier molecular flexibility index (Phi) is 9.93. The number of carbonyl (C=O) groups excluding carboxylic acids is 1. The van der Waals surface area contributed by atoms with E-state index in [-0.39, 0.29) is 35.4 Å². The second kappa shape index (κ2) is 13.2. The van der Waals surface area contributed by atoms with Gasteiger partial charge in [-0.2, -0.15) is 13.2 Å². The van der Waals surface area contributed by atoms with Crippen molar-refractivity contribution in [3.05, 3.63) is 75.5 Å². The van der Waals surface area contributed by atoms with Crippen LogP contribution in [0.5, 0.6) is 0 Å². The molecule has 1 aliphatic carbocycles. The van der Waals surface area contributed by atoms with Gasteiger partial charge in [0.25, 0.3) is 5.56 Å². The van der Waals surface area contributed by atoms with Crippen LogP contribution in [0.3, 0.4) is 0 Å². The van der Waals surface area contributed by atoms with Gasteiger partial charge in [-0.05, 0) is 31.1 Å². The first-order valence-corrected chi connectivity index (χ1v) is 12.3. The summed E-state index contributed by atoms with van der Waals surface area (Å²) >= 11 is 0. The number of amidine groups is 1. The van der Waals surface area contributed by atoms with Gasteiger partial charge in [-0.25, -0.2) is 10.5 Å². The molecular weight excluding hydrogens is 531 g/mol. The van der Waals surface area contributed by atoms with Crippen LogP contribution < -0.4 is 27.4 Å². The number of nitrogens with two attached hydrogens (primary N) is 1. The molecule has 0 saturated heterocycles. The van der Waals surface area contributed by atoms with E-state index in [1.54, 1.807) is 38.1 Å². The second-order valence-electron chi connectivity index (χ2n) is 9.28. The summed E-state index contributed by atoms with van der Waals surface area (Å²) in [6.45, 7) is 3.28. The zero-order valence-electron chi connectivity index (χ0n) is 22.5. The number of benzene rings is 1. The number of rotatable bonds is 10. The molecule has 0 radical (unpaired) electrons.